The topological polar surface area (TPSA) is 91.3 Å². The molecule has 0 unspecified atom stereocenters. The van der Waals surface area contributed by atoms with Gasteiger partial charge in [0.25, 0.3) is 0 Å². The highest BCUT2D eigenvalue weighted by Gasteiger charge is 2.22. The highest BCUT2D eigenvalue weighted by Crippen LogP contribution is 2.38. The number of ether oxygens (including phenoxy) is 1. The second-order valence-corrected chi connectivity index (χ2v) is 3.62. The largest absolute Gasteiger partial charge is 0.494 e. The molecule has 2 rings (SSSR count). The molecule has 0 aliphatic carbocycles. The molecule has 0 aliphatic rings. The molecule has 6 heteroatoms. The van der Waals surface area contributed by atoms with E-state index in [4.69, 9.17) is 10.5 Å². The number of nitrogen functional groups attached to an aromatic ring is 1. The molecule has 1 aromatic carbocycles. The van der Waals surface area contributed by atoms with Crippen LogP contribution in [0.5, 0.6) is 5.75 Å². The minimum absolute atomic E-state index is 0.00287. The van der Waals surface area contributed by atoms with Crippen LogP contribution < -0.4 is 10.5 Å². The number of nitro groups is 1. The maximum atomic E-state index is 11.0. The molecule has 0 amide bonds. The van der Waals surface area contributed by atoms with Crippen LogP contribution in [-0.2, 0) is 0 Å². The molecule has 1 heterocycles. The molecular weight excluding hydrogens is 222 g/mol. The fourth-order valence-corrected chi connectivity index (χ4v) is 1.75. The average Bonchev–Trinajstić information content (AvgIpc) is 2.28. The quantitative estimate of drug-likeness (QED) is 0.487. The molecular formula is C11H11N3O3. The van der Waals surface area contributed by atoms with Crippen LogP contribution in [0.3, 0.4) is 0 Å². The molecule has 17 heavy (non-hydrogen) atoms. The molecule has 0 radical (unpaired) electrons. The van der Waals surface area contributed by atoms with Crippen LogP contribution >= 0.6 is 0 Å². The highest BCUT2D eigenvalue weighted by molar-refractivity contribution is 5.97. The van der Waals surface area contributed by atoms with E-state index in [1.54, 1.807) is 12.1 Å². The maximum absolute atomic E-state index is 11.0. The van der Waals surface area contributed by atoms with Gasteiger partial charge in [0.15, 0.2) is 11.2 Å². The van der Waals surface area contributed by atoms with E-state index >= 15 is 0 Å². The monoisotopic (exact) mass is 233 g/mol. The first-order valence-electron chi connectivity index (χ1n) is 4.92. The normalized spacial score (nSPS) is 10.5. The summed E-state index contributed by atoms with van der Waals surface area (Å²) >= 11 is 0. The third-order valence-corrected chi connectivity index (χ3v) is 2.63. The Labute approximate surface area is 97.2 Å². The summed E-state index contributed by atoms with van der Waals surface area (Å²) in [5, 5.41) is 11.7. The van der Waals surface area contributed by atoms with Gasteiger partial charge in [-0.15, -0.1) is 0 Å². The molecule has 88 valence electrons. The van der Waals surface area contributed by atoms with Crippen molar-refractivity contribution in [2.24, 2.45) is 0 Å². The lowest BCUT2D eigenvalue weighted by atomic mass is 10.1. The van der Waals surface area contributed by atoms with Crippen molar-refractivity contribution in [2.45, 2.75) is 6.92 Å². The number of nitrogens with zero attached hydrogens (tertiary/aromatic N) is 2. The van der Waals surface area contributed by atoms with Crippen LogP contribution in [0.1, 0.15) is 5.56 Å². The van der Waals surface area contributed by atoms with Crippen LogP contribution in [0.15, 0.2) is 18.3 Å². The zero-order valence-electron chi connectivity index (χ0n) is 9.43. The van der Waals surface area contributed by atoms with Gasteiger partial charge in [0.05, 0.1) is 12.0 Å². The summed E-state index contributed by atoms with van der Waals surface area (Å²) in [4.78, 5) is 14.5. The van der Waals surface area contributed by atoms with E-state index in [-0.39, 0.29) is 16.9 Å². The zero-order valence-corrected chi connectivity index (χ0v) is 9.43. The van der Waals surface area contributed by atoms with Crippen LogP contribution in [0.2, 0.25) is 0 Å². The predicted octanol–water partition coefficient (Wildman–Crippen LogP) is 2.04. The standard InChI is InChI=1S/C11H11N3O3/c1-6-3-4-13-10-7(6)5-8(17-2)9(12)11(10)14(15)16/h3-5H,12H2,1-2H3. The summed E-state index contributed by atoms with van der Waals surface area (Å²) in [6.07, 6.45) is 1.52. The van der Waals surface area contributed by atoms with Gasteiger partial charge < -0.3 is 10.5 Å². The molecule has 0 bridgehead atoms. The number of anilines is 1. The Morgan fingerprint density at radius 1 is 1.53 bits per heavy atom. The number of nitrogens with two attached hydrogens (primary N) is 1. The number of methoxy groups -OCH3 is 1. The van der Waals surface area contributed by atoms with E-state index in [0.29, 0.717) is 11.1 Å². The first kappa shape index (κ1) is 11.1. The molecule has 0 saturated carbocycles. The molecule has 6 nitrogen and oxygen atoms in total. The van der Waals surface area contributed by atoms with E-state index < -0.39 is 4.92 Å². The van der Waals surface area contributed by atoms with Gasteiger partial charge in [-0.1, -0.05) is 0 Å². The van der Waals surface area contributed by atoms with Gasteiger partial charge in [0, 0.05) is 11.6 Å². The second kappa shape index (κ2) is 3.89. The van der Waals surface area contributed by atoms with Gasteiger partial charge in [0.2, 0.25) is 0 Å². The maximum Gasteiger partial charge on any atom is 0.321 e. The third-order valence-electron chi connectivity index (χ3n) is 2.63. The van der Waals surface area contributed by atoms with E-state index in [2.05, 4.69) is 4.98 Å². The summed E-state index contributed by atoms with van der Waals surface area (Å²) < 4.78 is 5.04. The minimum Gasteiger partial charge on any atom is -0.494 e. The number of rotatable bonds is 2. The van der Waals surface area contributed by atoms with Crippen LogP contribution in [0, 0.1) is 17.0 Å². The van der Waals surface area contributed by atoms with Crippen molar-refractivity contribution in [3.63, 3.8) is 0 Å². The Morgan fingerprint density at radius 2 is 2.24 bits per heavy atom. The molecule has 1 aromatic heterocycles. The van der Waals surface area contributed by atoms with Crippen LogP contribution in [0.25, 0.3) is 10.9 Å². The summed E-state index contributed by atoms with van der Waals surface area (Å²) in [5.41, 5.74) is 6.67. The van der Waals surface area contributed by atoms with Crippen LogP contribution in [0.4, 0.5) is 11.4 Å². The summed E-state index contributed by atoms with van der Waals surface area (Å²) in [5.74, 6) is 0.292. The van der Waals surface area contributed by atoms with Crippen molar-refractivity contribution in [1.29, 1.82) is 0 Å². The van der Waals surface area contributed by atoms with E-state index in [1.807, 2.05) is 6.92 Å². The Balaban J connectivity index is 2.97. The fraction of sp³-hybridized carbons (Fsp3) is 0.182. The molecule has 0 spiro atoms. The minimum atomic E-state index is -0.535. The number of hydrogen-bond acceptors (Lipinski definition) is 5. The summed E-state index contributed by atoms with van der Waals surface area (Å²) in [6, 6.07) is 3.45. The van der Waals surface area contributed by atoms with Crippen molar-refractivity contribution in [2.75, 3.05) is 12.8 Å². The average molecular weight is 233 g/mol. The first-order chi connectivity index (χ1) is 8.06. The molecule has 2 aromatic rings. The van der Waals surface area contributed by atoms with E-state index in [1.165, 1.54) is 13.3 Å². The van der Waals surface area contributed by atoms with Crippen molar-refractivity contribution < 1.29 is 9.66 Å². The van der Waals surface area contributed by atoms with E-state index in [0.717, 1.165) is 5.56 Å². The number of pyridine rings is 1. The molecule has 0 atom stereocenters. The SMILES string of the molecule is COc1cc2c(C)ccnc2c([N+](=O)[O-])c1N. The molecule has 0 aliphatic heterocycles. The lowest BCUT2D eigenvalue weighted by molar-refractivity contribution is -0.382. The Bertz CT molecular complexity index is 610. The van der Waals surface area contributed by atoms with Crippen molar-refractivity contribution in [1.82, 2.24) is 4.98 Å². The molecule has 0 fully saturated rings. The lowest BCUT2D eigenvalue weighted by Gasteiger charge is -2.08. The Morgan fingerprint density at radius 3 is 2.82 bits per heavy atom. The second-order valence-electron chi connectivity index (χ2n) is 3.62. The number of nitro benzene ring substituents is 1. The summed E-state index contributed by atoms with van der Waals surface area (Å²) in [6.45, 7) is 1.85. The lowest BCUT2D eigenvalue weighted by Crippen LogP contribution is -2.01. The zero-order chi connectivity index (χ0) is 12.6. The van der Waals surface area contributed by atoms with Gasteiger partial charge >= 0.3 is 5.69 Å². The number of hydrogen-bond donors (Lipinski definition) is 1. The molecule has 2 N–H and O–H groups in total. The van der Waals surface area contributed by atoms with Crippen LogP contribution in [-0.4, -0.2) is 17.0 Å². The van der Waals surface area contributed by atoms with Gasteiger partial charge in [-0.25, -0.2) is 4.98 Å². The van der Waals surface area contributed by atoms with Gasteiger partial charge in [-0.05, 0) is 24.6 Å². The highest BCUT2D eigenvalue weighted by atomic mass is 16.6. The Hall–Kier alpha value is -2.37. The van der Waals surface area contributed by atoms with Crippen molar-refractivity contribution in [3.05, 3.63) is 34.0 Å². The predicted molar refractivity (Wildman–Crippen MR) is 64.1 cm³/mol. The van der Waals surface area contributed by atoms with Crippen molar-refractivity contribution in [3.8, 4) is 5.75 Å². The number of fused-ring (bicyclic) bond motifs is 1. The number of benzene rings is 1. The number of aromatic nitrogens is 1. The molecule has 0 saturated heterocycles. The number of aryl methyl sites for hydroxylation is 1. The smallest absolute Gasteiger partial charge is 0.321 e. The van der Waals surface area contributed by atoms with Gasteiger partial charge in [-0.2, -0.15) is 0 Å². The van der Waals surface area contributed by atoms with Gasteiger partial charge in [-0.3, -0.25) is 10.1 Å². The van der Waals surface area contributed by atoms with Gasteiger partial charge in [0.1, 0.15) is 5.75 Å². The third kappa shape index (κ3) is 1.63. The fourth-order valence-electron chi connectivity index (χ4n) is 1.75. The van der Waals surface area contributed by atoms with E-state index in [9.17, 15) is 10.1 Å². The van der Waals surface area contributed by atoms with Crippen molar-refractivity contribution >= 4 is 22.3 Å². The summed E-state index contributed by atoms with van der Waals surface area (Å²) in [7, 11) is 1.42. The first-order valence-corrected chi connectivity index (χ1v) is 4.92. The Kier molecular flexibility index (Phi) is 2.55.